The Hall–Kier alpha value is 2.73. The van der Waals surface area contributed by atoms with Crippen molar-refractivity contribution in [3.05, 3.63) is 0 Å². The van der Waals surface area contributed by atoms with Gasteiger partial charge in [0.1, 0.15) is 0 Å². The zero-order valence-corrected chi connectivity index (χ0v) is 12.2. The summed E-state index contributed by atoms with van der Waals surface area (Å²) in [5, 5.41) is 0. The van der Waals surface area contributed by atoms with Gasteiger partial charge < -0.3 is 0 Å². The van der Waals surface area contributed by atoms with Gasteiger partial charge in [0.15, 0.2) is 0 Å². The van der Waals surface area contributed by atoms with E-state index in [4.69, 9.17) is 0 Å². The number of hydrogen-bond donors (Lipinski definition) is 0. The second-order valence-electron chi connectivity index (χ2n) is 0.476. The number of rotatable bonds is 1. The van der Waals surface area contributed by atoms with Crippen LogP contribution in [-0.2, 0) is 26.0 Å². The van der Waals surface area contributed by atoms with E-state index in [1.807, 2.05) is 0 Å². The van der Waals surface area contributed by atoms with Gasteiger partial charge in [-0.1, -0.05) is 0 Å². The maximum absolute atomic E-state index is 9.30. The van der Waals surface area contributed by atoms with E-state index in [9.17, 15) is 10.6 Å². The summed E-state index contributed by atoms with van der Waals surface area (Å²) in [5.41, 5.74) is 0. The van der Waals surface area contributed by atoms with E-state index in [1.165, 1.54) is 0 Å². The zero-order valence-electron chi connectivity index (χ0n) is 4.45. The summed E-state index contributed by atoms with van der Waals surface area (Å²) in [7, 11) is 0. The Morgan fingerprint density at radius 2 is 1.50 bits per heavy atom. The minimum absolute atomic E-state index is 0. The predicted molar refractivity (Wildman–Crippen MR) is 8.21 cm³/mol. The van der Waals surface area contributed by atoms with E-state index in [0.29, 0.717) is 0 Å². The molecule has 0 aromatic rings. The topological polar surface area (TPSA) is 66.4 Å². The molecule has 0 aliphatic heterocycles. The molecule has 0 saturated carbocycles. The normalized spacial score (nSPS) is 8.75. The van der Waals surface area contributed by atoms with Crippen LogP contribution in [0.5, 0.6) is 0 Å². The molecule has 0 N–H and O–H groups in total. The van der Waals surface area contributed by atoms with E-state index < -0.39 is 16.7 Å². The van der Waals surface area contributed by atoms with Crippen molar-refractivity contribution >= 4 is 16.3 Å². The fourth-order valence-electron chi connectivity index (χ4n) is 0. The molecule has 0 aliphatic rings. The van der Waals surface area contributed by atoms with Gasteiger partial charge in [-0.2, -0.15) is 0 Å². The summed E-state index contributed by atoms with van der Waals surface area (Å²) in [5.74, 6) is 0. The first-order valence-electron chi connectivity index (χ1n) is 0.833. The molecule has 0 spiro atoms. The molecule has 8 heteroatoms. The molecule has 0 atom stereocenters. The van der Waals surface area contributed by atoms with Gasteiger partial charge in [0, 0.05) is 0 Å². The molecule has 0 heterocycles. The van der Waals surface area contributed by atoms with Gasteiger partial charge in [0.25, 0.3) is 0 Å². The van der Waals surface area contributed by atoms with Crippen LogP contribution in [0.2, 0.25) is 0 Å². The molecule has 0 rings (SSSR count). The molecule has 0 radical (unpaired) electrons. The van der Waals surface area contributed by atoms with Crippen molar-refractivity contribution in [2.45, 2.75) is 0 Å². The molecule has 8 heavy (non-hydrogen) atoms. The molecule has 0 unspecified atom stereocenters. The summed E-state index contributed by atoms with van der Waals surface area (Å²) in [4.78, 5) is 0. The van der Waals surface area contributed by atoms with Gasteiger partial charge in [-0.05, 0) is 0 Å². The van der Waals surface area contributed by atoms with Gasteiger partial charge in [0.2, 0.25) is 0 Å². The van der Waals surface area contributed by atoms with Crippen molar-refractivity contribution in [2.24, 2.45) is 0 Å². The first kappa shape index (κ1) is 17.0. The van der Waals surface area contributed by atoms with E-state index in [0.717, 1.165) is 0 Å². The van der Waals surface area contributed by atoms with Crippen LogP contribution in [0.4, 0.5) is 0 Å². The Kier molecular flexibility index (Phi) is 16.6. The molecule has 0 fully saturated rings. The molecule has 38 valence electrons. The first-order valence-corrected chi connectivity index (χ1v) is 4.81. The summed E-state index contributed by atoms with van der Waals surface area (Å²) in [6.07, 6.45) is 0. The van der Waals surface area contributed by atoms with Gasteiger partial charge >= 0.3 is 105 Å². The van der Waals surface area contributed by atoms with E-state index >= 15 is 0 Å². The molecule has 4 nitrogen and oxygen atoms in total. The van der Waals surface area contributed by atoms with Gasteiger partial charge in [0.05, 0.1) is 0 Å². The summed E-state index contributed by atoms with van der Waals surface area (Å²) in [6.45, 7) is 0. The molecule has 0 aliphatic carbocycles. The zero-order chi connectivity index (χ0) is 5.21. The Morgan fingerprint density at radius 3 is 1.50 bits per heavy atom. The van der Waals surface area contributed by atoms with Crippen LogP contribution in [0.25, 0.3) is 0 Å². The minimum atomic E-state index is -5.37. The van der Waals surface area contributed by atoms with Crippen molar-refractivity contribution in [3.63, 3.8) is 0 Å². The fraction of sp³-hybridized carbons (Fsp3) is 0. The fourth-order valence-corrected chi connectivity index (χ4v) is 0. The SMILES string of the molecule is [Na+].[Na+].[O]=[Mo](=[O])([O-])[O][Se-]. The van der Waals surface area contributed by atoms with Crippen molar-refractivity contribution in [3.8, 4) is 0 Å². The van der Waals surface area contributed by atoms with Crippen LogP contribution >= 0.6 is 0 Å². The van der Waals surface area contributed by atoms with Crippen LogP contribution in [0.3, 0.4) is 0 Å². The molecule has 0 bridgehead atoms. The van der Waals surface area contributed by atoms with Crippen molar-refractivity contribution < 1.29 is 88.9 Å². The molecule has 0 aromatic carbocycles. The summed E-state index contributed by atoms with van der Waals surface area (Å²) in [6, 6.07) is 0. The molecule has 0 amide bonds. The Morgan fingerprint density at radius 1 is 1.38 bits per heavy atom. The average Bonchev–Trinajstić information content (AvgIpc) is 1.35. The third-order valence-corrected chi connectivity index (χ3v) is 2.56. The third-order valence-electron chi connectivity index (χ3n) is 0.0833. The van der Waals surface area contributed by atoms with Gasteiger partial charge in [-0.3, -0.25) is 0 Å². The van der Waals surface area contributed by atoms with E-state index in [-0.39, 0.29) is 59.1 Å². The van der Waals surface area contributed by atoms with Crippen LogP contribution < -0.4 is 62.9 Å². The van der Waals surface area contributed by atoms with E-state index in [1.54, 1.807) is 16.3 Å². The number of hydrogen-bond acceptors (Lipinski definition) is 4. The van der Waals surface area contributed by atoms with Gasteiger partial charge in [-0.15, -0.1) is 0 Å². The Bertz CT molecular complexity index is 116. The van der Waals surface area contributed by atoms with Crippen LogP contribution in [0, 0.1) is 0 Å². The molecule has 0 saturated heterocycles. The van der Waals surface area contributed by atoms with Crippen molar-refractivity contribution in [2.75, 3.05) is 0 Å². The predicted octanol–water partition coefficient (Wildman–Crippen LogP) is -7.87. The third kappa shape index (κ3) is 15.9. The molecular formula is MoNa2O4Se. The van der Waals surface area contributed by atoms with Crippen LogP contribution in [0.1, 0.15) is 0 Å². The van der Waals surface area contributed by atoms with Crippen molar-refractivity contribution in [1.82, 2.24) is 0 Å². The van der Waals surface area contributed by atoms with E-state index in [2.05, 4.69) is 2.47 Å². The second kappa shape index (κ2) is 7.83. The van der Waals surface area contributed by atoms with Crippen LogP contribution in [0.15, 0.2) is 0 Å². The monoisotopic (exact) mass is 288 g/mol. The average molecular weight is 285 g/mol. The maximum atomic E-state index is 9.30. The second-order valence-corrected chi connectivity index (χ2v) is 4.51. The van der Waals surface area contributed by atoms with Crippen molar-refractivity contribution in [1.29, 1.82) is 0 Å². The van der Waals surface area contributed by atoms with Gasteiger partial charge in [-0.25, -0.2) is 0 Å². The quantitative estimate of drug-likeness (QED) is 0.449. The standard InChI is InChI=1S/Mo.2Na.OSe.3O/c;;;1-2;;;/q3*+1;-2;;;-1. The molecular weight excluding hydrogens is 285 g/mol. The first-order chi connectivity index (χ1) is 2.56. The summed E-state index contributed by atoms with van der Waals surface area (Å²) < 4.78 is 31.2. The summed E-state index contributed by atoms with van der Waals surface area (Å²) >= 11 is -3.74. The Balaban J connectivity index is -0.000000125. The molecule has 0 aromatic heterocycles. The van der Waals surface area contributed by atoms with Crippen LogP contribution in [-0.4, -0.2) is 16.3 Å². The Labute approximate surface area is 103 Å².